The molecule has 3 rings (SSSR count). The van der Waals surface area contributed by atoms with Crippen LogP contribution in [-0.2, 0) is 12.8 Å². The van der Waals surface area contributed by atoms with Crippen LogP contribution in [0.4, 0.5) is 5.69 Å². The van der Waals surface area contributed by atoms with E-state index in [0.717, 1.165) is 23.4 Å². The summed E-state index contributed by atoms with van der Waals surface area (Å²) < 4.78 is 0. The number of halogens is 1. The molecule has 0 saturated carbocycles. The molecule has 0 radical (unpaired) electrons. The zero-order valence-electron chi connectivity index (χ0n) is 12.3. The normalized spacial score (nSPS) is 19.9. The number of fused-ring (bicyclic) bond motifs is 1. The van der Waals surface area contributed by atoms with Crippen molar-refractivity contribution in [2.24, 2.45) is 5.92 Å². The third-order valence-electron chi connectivity index (χ3n) is 4.32. The third-order valence-corrected chi connectivity index (χ3v) is 4.56. The number of nitro groups is 1. The van der Waals surface area contributed by atoms with Crippen LogP contribution in [0.15, 0.2) is 42.5 Å². The van der Waals surface area contributed by atoms with Gasteiger partial charge in [0.05, 0.1) is 4.92 Å². The van der Waals surface area contributed by atoms with Gasteiger partial charge in [0, 0.05) is 23.2 Å². The van der Waals surface area contributed by atoms with Gasteiger partial charge in [-0.2, -0.15) is 0 Å². The number of nitro benzene ring substituents is 1. The Bertz CT molecular complexity index is 718. The van der Waals surface area contributed by atoms with Crippen LogP contribution < -0.4 is 5.32 Å². The average Bonchev–Trinajstić information content (AvgIpc) is 2.83. The molecule has 114 valence electrons. The van der Waals surface area contributed by atoms with Gasteiger partial charge in [-0.25, -0.2) is 0 Å². The quantitative estimate of drug-likeness (QED) is 0.687. The Labute approximate surface area is 134 Å². The topological polar surface area (TPSA) is 55.2 Å². The number of hydrogen-bond acceptors (Lipinski definition) is 3. The molecule has 2 unspecified atom stereocenters. The van der Waals surface area contributed by atoms with Gasteiger partial charge in [-0.3, -0.25) is 10.1 Å². The molecule has 0 heterocycles. The molecular formula is C17H17ClN2O2. The lowest BCUT2D eigenvalue weighted by molar-refractivity contribution is -0.384. The summed E-state index contributed by atoms with van der Waals surface area (Å²) in [5, 5.41) is 15.0. The summed E-state index contributed by atoms with van der Waals surface area (Å²) in [6, 6.07) is 13.3. The van der Waals surface area contributed by atoms with Crippen LogP contribution in [0.5, 0.6) is 0 Å². The molecular weight excluding hydrogens is 300 g/mol. The first-order valence-electron chi connectivity index (χ1n) is 7.27. The molecule has 1 aliphatic rings. The van der Waals surface area contributed by atoms with Gasteiger partial charge in [-0.1, -0.05) is 29.8 Å². The number of rotatable bonds is 4. The van der Waals surface area contributed by atoms with Crippen molar-refractivity contribution in [1.82, 2.24) is 5.32 Å². The van der Waals surface area contributed by atoms with E-state index in [1.807, 2.05) is 31.3 Å². The Hall–Kier alpha value is -1.91. The predicted octanol–water partition coefficient (Wildman–Crippen LogP) is 3.92. The minimum absolute atomic E-state index is 0.164. The predicted molar refractivity (Wildman–Crippen MR) is 87.2 cm³/mol. The molecule has 0 aliphatic heterocycles. The van der Waals surface area contributed by atoms with Crippen LogP contribution in [0.1, 0.15) is 22.7 Å². The molecule has 2 aromatic carbocycles. The highest BCUT2D eigenvalue weighted by Crippen LogP contribution is 2.39. The molecule has 22 heavy (non-hydrogen) atoms. The SMILES string of the molecule is CNC1c2ccc([N+](=O)[O-])cc2CC1Cc1cccc(Cl)c1. The summed E-state index contributed by atoms with van der Waals surface area (Å²) in [5.74, 6) is 0.375. The van der Waals surface area contributed by atoms with Crippen molar-refractivity contribution in [2.75, 3.05) is 7.05 Å². The van der Waals surface area contributed by atoms with E-state index >= 15 is 0 Å². The maximum atomic E-state index is 10.9. The van der Waals surface area contributed by atoms with Crippen molar-refractivity contribution in [1.29, 1.82) is 0 Å². The van der Waals surface area contributed by atoms with E-state index < -0.39 is 0 Å². The molecule has 0 spiro atoms. The Morgan fingerprint density at radius 1 is 1.32 bits per heavy atom. The summed E-state index contributed by atoms with van der Waals surface area (Å²) in [6.45, 7) is 0. The van der Waals surface area contributed by atoms with Crippen molar-refractivity contribution in [2.45, 2.75) is 18.9 Å². The van der Waals surface area contributed by atoms with Gasteiger partial charge in [-0.15, -0.1) is 0 Å². The molecule has 1 aliphatic carbocycles. The largest absolute Gasteiger partial charge is 0.313 e. The summed E-state index contributed by atoms with van der Waals surface area (Å²) in [6.07, 6.45) is 1.74. The minimum Gasteiger partial charge on any atom is -0.313 e. The molecule has 0 aromatic heterocycles. The first kappa shape index (κ1) is 15.0. The van der Waals surface area contributed by atoms with Gasteiger partial charge in [0.2, 0.25) is 0 Å². The molecule has 1 N–H and O–H groups in total. The van der Waals surface area contributed by atoms with Gasteiger partial charge < -0.3 is 5.32 Å². The Morgan fingerprint density at radius 3 is 2.82 bits per heavy atom. The summed E-state index contributed by atoms with van der Waals surface area (Å²) in [4.78, 5) is 10.6. The first-order valence-corrected chi connectivity index (χ1v) is 7.65. The van der Waals surface area contributed by atoms with E-state index in [4.69, 9.17) is 11.6 Å². The highest BCUT2D eigenvalue weighted by Gasteiger charge is 2.32. The molecule has 0 saturated heterocycles. The fourth-order valence-corrected chi connectivity index (χ4v) is 3.60. The Kier molecular flexibility index (Phi) is 4.14. The van der Waals surface area contributed by atoms with E-state index in [2.05, 4.69) is 11.4 Å². The van der Waals surface area contributed by atoms with Crippen LogP contribution in [0, 0.1) is 16.0 Å². The first-order chi connectivity index (χ1) is 10.6. The number of nitrogens with zero attached hydrogens (tertiary/aromatic N) is 1. The van der Waals surface area contributed by atoms with E-state index in [9.17, 15) is 10.1 Å². The third kappa shape index (κ3) is 2.85. The van der Waals surface area contributed by atoms with Crippen LogP contribution >= 0.6 is 11.6 Å². The van der Waals surface area contributed by atoms with Crippen LogP contribution in [0.2, 0.25) is 5.02 Å². The zero-order valence-corrected chi connectivity index (χ0v) is 13.0. The van der Waals surface area contributed by atoms with Crippen molar-refractivity contribution in [3.05, 3.63) is 74.3 Å². The monoisotopic (exact) mass is 316 g/mol. The fourth-order valence-electron chi connectivity index (χ4n) is 3.39. The standard InChI is InChI=1S/C17H17ClN2O2/c1-19-17-13(7-11-3-2-4-14(18)8-11)9-12-10-15(20(21)22)5-6-16(12)17/h2-6,8,10,13,17,19H,7,9H2,1H3. The smallest absolute Gasteiger partial charge is 0.269 e. The second kappa shape index (κ2) is 6.07. The van der Waals surface area contributed by atoms with Crippen molar-refractivity contribution in [3.63, 3.8) is 0 Å². The Balaban J connectivity index is 1.86. The van der Waals surface area contributed by atoms with Gasteiger partial charge in [0.1, 0.15) is 0 Å². The maximum Gasteiger partial charge on any atom is 0.269 e. The maximum absolute atomic E-state index is 10.9. The van der Waals surface area contributed by atoms with Crippen molar-refractivity contribution in [3.8, 4) is 0 Å². The van der Waals surface area contributed by atoms with Crippen LogP contribution in [0.3, 0.4) is 0 Å². The fraction of sp³-hybridized carbons (Fsp3) is 0.294. The molecule has 2 atom stereocenters. The number of nitrogens with one attached hydrogen (secondary N) is 1. The Morgan fingerprint density at radius 2 is 2.14 bits per heavy atom. The molecule has 4 nitrogen and oxygen atoms in total. The van der Waals surface area contributed by atoms with E-state index in [-0.39, 0.29) is 16.7 Å². The lowest BCUT2D eigenvalue weighted by Crippen LogP contribution is -2.23. The van der Waals surface area contributed by atoms with Gasteiger partial charge in [0.25, 0.3) is 5.69 Å². The molecule has 0 amide bonds. The average molecular weight is 317 g/mol. The second-order valence-electron chi connectivity index (χ2n) is 5.70. The van der Waals surface area contributed by atoms with Gasteiger partial charge in [0.15, 0.2) is 0 Å². The van der Waals surface area contributed by atoms with E-state index in [1.54, 1.807) is 12.1 Å². The van der Waals surface area contributed by atoms with Crippen LogP contribution in [-0.4, -0.2) is 12.0 Å². The summed E-state index contributed by atoms with van der Waals surface area (Å²) >= 11 is 6.05. The minimum atomic E-state index is -0.334. The zero-order chi connectivity index (χ0) is 15.7. The van der Waals surface area contributed by atoms with E-state index in [1.165, 1.54) is 11.1 Å². The van der Waals surface area contributed by atoms with Crippen LogP contribution in [0.25, 0.3) is 0 Å². The number of non-ortho nitro benzene ring substituents is 1. The lowest BCUT2D eigenvalue weighted by atomic mass is 9.93. The van der Waals surface area contributed by atoms with Crippen molar-refractivity contribution < 1.29 is 4.92 Å². The van der Waals surface area contributed by atoms with Gasteiger partial charge in [-0.05, 0) is 54.6 Å². The summed E-state index contributed by atoms with van der Waals surface area (Å²) in [7, 11) is 1.94. The molecule has 2 aromatic rings. The summed E-state index contributed by atoms with van der Waals surface area (Å²) in [5.41, 5.74) is 3.60. The lowest BCUT2D eigenvalue weighted by Gasteiger charge is -2.20. The molecule has 5 heteroatoms. The molecule has 0 bridgehead atoms. The van der Waals surface area contributed by atoms with Crippen molar-refractivity contribution >= 4 is 17.3 Å². The highest BCUT2D eigenvalue weighted by molar-refractivity contribution is 6.30. The molecule has 0 fully saturated rings. The van der Waals surface area contributed by atoms with E-state index in [0.29, 0.717) is 5.92 Å². The number of benzene rings is 2. The van der Waals surface area contributed by atoms with Gasteiger partial charge >= 0.3 is 0 Å². The number of hydrogen-bond donors (Lipinski definition) is 1. The second-order valence-corrected chi connectivity index (χ2v) is 6.14. The highest BCUT2D eigenvalue weighted by atomic mass is 35.5.